The van der Waals surface area contributed by atoms with E-state index in [-0.39, 0.29) is 12.4 Å². The highest BCUT2D eigenvalue weighted by molar-refractivity contribution is 9.10. The summed E-state index contributed by atoms with van der Waals surface area (Å²) in [6, 6.07) is 9.24. The number of nitrogens with two attached hydrogens (primary N) is 1. The number of carbonyl (C=O) groups is 1. The average molecular weight is 326 g/mol. The predicted molar refractivity (Wildman–Crippen MR) is 76.4 cm³/mol. The van der Waals surface area contributed by atoms with Crippen molar-refractivity contribution in [1.29, 1.82) is 0 Å². The Labute approximate surface area is 118 Å². The van der Waals surface area contributed by atoms with Crippen molar-refractivity contribution >= 4 is 38.9 Å². The summed E-state index contributed by atoms with van der Waals surface area (Å²) in [7, 11) is 0. The molecule has 0 amide bonds. The lowest BCUT2D eigenvalue weighted by Crippen LogP contribution is -2.09. The molecule has 0 aliphatic rings. The lowest BCUT2D eigenvalue weighted by molar-refractivity contribution is -0.144. The maximum absolute atomic E-state index is 11.7. The average Bonchev–Trinajstić information content (AvgIpc) is 2.75. The quantitative estimate of drug-likeness (QED) is 0.692. The van der Waals surface area contributed by atoms with Crippen molar-refractivity contribution in [1.82, 2.24) is 0 Å². The molecule has 94 valence electrons. The van der Waals surface area contributed by atoms with Crippen molar-refractivity contribution in [3.05, 3.63) is 50.6 Å². The normalized spacial score (nSPS) is 10.3. The maximum atomic E-state index is 11.7. The van der Waals surface area contributed by atoms with E-state index in [1.54, 1.807) is 17.4 Å². The first-order valence-corrected chi connectivity index (χ1v) is 7.05. The van der Waals surface area contributed by atoms with Gasteiger partial charge in [0.25, 0.3) is 0 Å². The molecule has 0 unspecified atom stereocenters. The fraction of sp³-hybridized carbons (Fsp3) is 0.154. The first-order chi connectivity index (χ1) is 8.66. The summed E-state index contributed by atoms with van der Waals surface area (Å²) in [5, 5.41) is 1.95. The van der Waals surface area contributed by atoms with Crippen molar-refractivity contribution in [3.63, 3.8) is 0 Å². The van der Waals surface area contributed by atoms with Crippen molar-refractivity contribution in [2.75, 3.05) is 5.73 Å². The van der Waals surface area contributed by atoms with Crippen LogP contribution in [-0.4, -0.2) is 5.97 Å². The Morgan fingerprint density at radius 3 is 2.78 bits per heavy atom. The van der Waals surface area contributed by atoms with E-state index in [4.69, 9.17) is 10.5 Å². The first-order valence-electron chi connectivity index (χ1n) is 5.37. The highest BCUT2D eigenvalue weighted by Crippen LogP contribution is 2.23. The number of rotatable bonds is 4. The number of benzene rings is 1. The molecule has 0 aliphatic heterocycles. The van der Waals surface area contributed by atoms with Crippen molar-refractivity contribution in [2.45, 2.75) is 13.0 Å². The van der Waals surface area contributed by atoms with Crippen LogP contribution >= 0.6 is 27.3 Å². The molecule has 1 aromatic heterocycles. The fourth-order valence-electron chi connectivity index (χ4n) is 1.48. The summed E-state index contributed by atoms with van der Waals surface area (Å²) in [6.45, 7) is 0.295. The van der Waals surface area contributed by atoms with E-state index in [1.165, 1.54) is 0 Å². The SMILES string of the molecule is Nc1ccccc1CC(=O)OCc1sccc1Br. The van der Waals surface area contributed by atoms with Gasteiger partial charge in [0.1, 0.15) is 6.61 Å². The summed E-state index contributed by atoms with van der Waals surface area (Å²) in [6.07, 6.45) is 0.204. The summed E-state index contributed by atoms with van der Waals surface area (Å²) >= 11 is 4.95. The van der Waals surface area contributed by atoms with E-state index in [2.05, 4.69) is 15.9 Å². The summed E-state index contributed by atoms with van der Waals surface area (Å²) < 4.78 is 6.18. The topological polar surface area (TPSA) is 52.3 Å². The zero-order valence-electron chi connectivity index (χ0n) is 9.56. The summed E-state index contributed by atoms with van der Waals surface area (Å²) in [5.41, 5.74) is 7.19. The van der Waals surface area contributed by atoms with E-state index >= 15 is 0 Å². The Morgan fingerprint density at radius 2 is 2.11 bits per heavy atom. The molecule has 0 atom stereocenters. The number of anilines is 1. The molecule has 0 spiro atoms. The third-order valence-electron chi connectivity index (χ3n) is 2.45. The van der Waals surface area contributed by atoms with Gasteiger partial charge in [-0.1, -0.05) is 18.2 Å². The third kappa shape index (κ3) is 3.34. The van der Waals surface area contributed by atoms with Crippen LogP contribution in [0.25, 0.3) is 0 Å². The van der Waals surface area contributed by atoms with Gasteiger partial charge in [0.2, 0.25) is 0 Å². The van der Waals surface area contributed by atoms with Gasteiger partial charge in [0.15, 0.2) is 0 Å². The number of thiophene rings is 1. The molecule has 5 heteroatoms. The molecule has 3 nitrogen and oxygen atoms in total. The molecule has 2 aromatic rings. The lowest BCUT2D eigenvalue weighted by atomic mass is 10.1. The van der Waals surface area contributed by atoms with Crippen LogP contribution in [0.4, 0.5) is 5.69 Å². The monoisotopic (exact) mass is 325 g/mol. The molecule has 0 saturated carbocycles. The number of para-hydroxylation sites is 1. The van der Waals surface area contributed by atoms with Crippen molar-refractivity contribution in [3.8, 4) is 0 Å². The highest BCUT2D eigenvalue weighted by atomic mass is 79.9. The minimum atomic E-state index is -0.270. The molecule has 2 N–H and O–H groups in total. The standard InChI is InChI=1S/C13H12BrNO2S/c14-10-5-6-18-12(10)8-17-13(16)7-9-3-1-2-4-11(9)15/h1-6H,7-8,15H2. The summed E-state index contributed by atoms with van der Waals surface area (Å²) in [5.74, 6) is -0.270. The second-order valence-electron chi connectivity index (χ2n) is 3.73. The molecule has 1 heterocycles. The van der Waals surface area contributed by atoms with Gasteiger partial charge in [0.05, 0.1) is 11.3 Å². The maximum Gasteiger partial charge on any atom is 0.310 e. The van der Waals surface area contributed by atoms with E-state index in [9.17, 15) is 4.79 Å². The smallest absolute Gasteiger partial charge is 0.310 e. The molecule has 0 radical (unpaired) electrons. The Kier molecular flexibility index (Phi) is 4.38. The fourth-order valence-corrected chi connectivity index (χ4v) is 2.85. The van der Waals surface area contributed by atoms with Crippen LogP contribution in [-0.2, 0) is 22.6 Å². The van der Waals surface area contributed by atoms with Gasteiger partial charge in [-0.3, -0.25) is 4.79 Å². The first kappa shape index (κ1) is 13.1. The van der Waals surface area contributed by atoms with Crippen LogP contribution in [0.15, 0.2) is 40.2 Å². The van der Waals surface area contributed by atoms with Crippen LogP contribution in [0.2, 0.25) is 0 Å². The summed E-state index contributed by atoms with van der Waals surface area (Å²) in [4.78, 5) is 12.7. The zero-order chi connectivity index (χ0) is 13.0. The molecule has 1 aromatic carbocycles. The molecule has 18 heavy (non-hydrogen) atoms. The number of ether oxygens (including phenoxy) is 1. The number of esters is 1. The van der Waals surface area contributed by atoms with Gasteiger partial charge in [-0.15, -0.1) is 11.3 Å². The van der Waals surface area contributed by atoms with Gasteiger partial charge in [-0.2, -0.15) is 0 Å². The number of hydrogen-bond donors (Lipinski definition) is 1. The van der Waals surface area contributed by atoms with Gasteiger partial charge in [-0.05, 0) is 39.0 Å². The molecular weight excluding hydrogens is 314 g/mol. The minimum Gasteiger partial charge on any atom is -0.460 e. The largest absolute Gasteiger partial charge is 0.460 e. The number of hydrogen-bond acceptors (Lipinski definition) is 4. The molecule has 2 rings (SSSR count). The van der Waals surface area contributed by atoms with Crippen molar-refractivity contribution in [2.24, 2.45) is 0 Å². The Morgan fingerprint density at radius 1 is 1.33 bits per heavy atom. The van der Waals surface area contributed by atoms with Crippen molar-refractivity contribution < 1.29 is 9.53 Å². The minimum absolute atomic E-state index is 0.204. The Bertz CT molecular complexity index is 553. The van der Waals surface area contributed by atoms with Gasteiger partial charge < -0.3 is 10.5 Å². The van der Waals surface area contributed by atoms with Crippen LogP contribution < -0.4 is 5.73 Å². The molecule has 0 saturated heterocycles. The van der Waals surface area contributed by atoms with Gasteiger partial charge >= 0.3 is 5.97 Å². The predicted octanol–water partition coefficient (Wildman–Crippen LogP) is 3.38. The Hall–Kier alpha value is -1.33. The second kappa shape index (κ2) is 6.02. The second-order valence-corrected chi connectivity index (χ2v) is 5.58. The zero-order valence-corrected chi connectivity index (χ0v) is 12.0. The number of nitrogen functional groups attached to an aromatic ring is 1. The van der Waals surface area contributed by atoms with Crippen LogP contribution in [0.1, 0.15) is 10.4 Å². The Balaban J connectivity index is 1.90. The van der Waals surface area contributed by atoms with Gasteiger partial charge in [0, 0.05) is 10.2 Å². The molecule has 0 aliphatic carbocycles. The van der Waals surface area contributed by atoms with E-state index in [0.29, 0.717) is 12.3 Å². The third-order valence-corrected chi connectivity index (χ3v) is 4.35. The molecular formula is C13H12BrNO2S. The van der Waals surface area contributed by atoms with Crippen LogP contribution in [0.5, 0.6) is 0 Å². The van der Waals surface area contributed by atoms with E-state index in [0.717, 1.165) is 14.9 Å². The van der Waals surface area contributed by atoms with E-state index in [1.807, 2.05) is 29.6 Å². The van der Waals surface area contributed by atoms with Crippen LogP contribution in [0, 0.1) is 0 Å². The highest BCUT2D eigenvalue weighted by Gasteiger charge is 2.09. The number of carbonyl (C=O) groups excluding carboxylic acids is 1. The number of halogens is 1. The molecule has 0 bridgehead atoms. The lowest BCUT2D eigenvalue weighted by Gasteiger charge is -2.06. The van der Waals surface area contributed by atoms with Crippen LogP contribution in [0.3, 0.4) is 0 Å². The molecule has 0 fully saturated rings. The van der Waals surface area contributed by atoms with E-state index < -0.39 is 0 Å². The van der Waals surface area contributed by atoms with Gasteiger partial charge in [-0.25, -0.2) is 0 Å².